The van der Waals surface area contributed by atoms with Gasteiger partial charge in [-0.25, -0.2) is 12.8 Å². The molecular weight excluding hydrogens is 367 g/mol. The van der Waals surface area contributed by atoms with Gasteiger partial charge in [-0.1, -0.05) is 17.7 Å². The molecule has 0 amide bonds. The number of sulfonamides is 1. The normalized spacial score (nSPS) is 18.3. The summed E-state index contributed by atoms with van der Waals surface area (Å²) < 4.78 is 46.3. The summed E-state index contributed by atoms with van der Waals surface area (Å²) in [7, 11) is -1.89. The van der Waals surface area contributed by atoms with Crippen molar-refractivity contribution < 1.29 is 17.5 Å². The predicted molar refractivity (Wildman–Crippen MR) is 95.2 cm³/mol. The van der Waals surface area contributed by atoms with Crippen molar-refractivity contribution in [3.8, 4) is 5.75 Å². The Morgan fingerprint density at radius 1 is 1.28 bits per heavy atom. The highest BCUT2D eigenvalue weighted by Crippen LogP contribution is 2.31. The fraction of sp³-hybridized carbons (Fsp3) is 0.294. The molecule has 0 radical (unpaired) electrons. The number of hydrogen-bond acceptors (Lipinski definition) is 4. The van der Waals surface area contributed by atoms with Crippen LogP contribution in [-0.4, -0.2) is 39.6 Å². The van der Waals surface area contributed by atoms with Gasteiger partial charge in [0.25, 0.3) is 10.0 Å². The fourth-order valence-electron chi connectivity index (χ4n) is 2.68. The van der Waals surface area contributed by atoms with Crippen molar-refractivity contribution in [2.24, 2.45) is 0 Å². The van der Waals surface area contributed by atoms with Crippen LogP contribution in [0.25, 0.3) is 0 Å². The Morgan fingerprint density at radius 3 is 2.76 bits per heavy atom. The molecule has 1 heterocycles. The standard InChI is InChI=1S/C17H18ClFN2O3S/c1-21-8-7-14(11-21)24-17-10-13(5-6-16(17)18)20-25(22,23)15-4-2-3-12(19)9-15/h2-6,9-10,14,20H,7-8,11H2,1H3. The second-order valence-electron chi connectivity index (χ2n) is 6.00. The molecule has 134 valence electrons. The van der Waals surface area contributed by atoms with Gasteiger partial charge in [0.2, 0.25) is 0 Å². The zero-order chi connectivity index (χ0) is 18.0. The van der Waals surface area contributed by atoms with Crippen LogP contribution in [0, 0.1) is 5.82 Å². The van der Waals surface area contributed by atoms with Crippen molar-refractivity contribution in [1.82, 2.24) is 4.90 Å². The Kier molecular flexibility index (Phi) is 5.17. The first kappa shape index (κ1) is 18.0. The molecule has 2 aromatic carbocycles. The van der Waals surface area contributed by atoms with E-state index in [1.165, 1.54) is 30.3 Å². The molecule has 1 atom stereocenters. The van der Waals surface area contributed by atoms with E-state index in [1.807, 2.05) is 7.05 Å². The molecule has 0 bridgehead atoms. The van der Waals surface area contributed by atoms with Crippen LogP contribution < -0.4 is 9.46 Å². The van der Waals surface area contributed by atoms with E-state index < -0.39 is 15.8 Å². The number of anilines is 1. The summed E-state index contributed by atoms with van der Waals surface area (Å²) in [5, 5.41) is 0.406. The average Bonchev–Trinajstić information content (AvgIpc) is 2.95. The van der Waals surface area contributed by atoms with Gasteiger partial charge in [0, 0.05) is 19.2 Å². The van der Waals surface area contributed by atoms with Crippen LogP contribution in [0.2, 0.25) is 5.02 Å². The lowest BCUT2D eigenvalue weighted by atomic mass is 10.3. The van der Waals surface area contributed by atoms with E-state index >= 15 is 0 Å². The van der Waals surface area contributed by atoms with Gasteiger partial charge in [0.15, 0.2) is 0 Å². The second-order valence-corrected chi connectivity index (χ2v) is 8.09. The minimum absolute atomic E-state index is 0.0116. The highest BCUT2D eigenvalue weighted by molar-refractivity contribution is 7.92. The fourth-order valence-corrected chi connectivity index (χ4v) is 3.92. The van der Waals surface area contributed by atoms with Crippen LogP contribution in [0.1, 0.15) is 6.42 Å². The number of likely N-dealkylation sites (tertiary alicyclic amines) is 1. The van der Waals surface area contributed by atoms with Gasteiger partial charge in [-0.3, -0.25) is 4.72 Å². The lowest BCUT2D eigenvalue weighted by Gasteiger charge is -2.16. The Labute approximate surface area is 151 Å². The molecule has 1 unspecified atom stereocenters. The number of nitrogens with zero attached hydrogens (tertiary/aromatic N) is 1. The SMILES string of the molecule is CN1CCC(Oc2cc(NS(=O)(=O)c3cccc(F)c3)ccc2Cl)C1. The van der Waals surface area contributed by atoms with Crippen LogP contribution >= 0.6 is 11.6 Å². The van der Waals surface area contributed by atoms with E-state index in [0.29, 0.717) is 16.5 Å². The minimum Gasteiger partial charge on any atom is -0.487 e. The summed E-state index contributed by atoms with van der Waals surface area (Å²) in [6.45, 7) is 1.73. The van der Waals surface area contributed by atoms with Crippen LogP contribution in [0.15, 0.2) is 47.4 Å². The Hall–Kier alpha value is -1.83. The van der Waals surface area contributed by atoms with E-state index in [-0.39, 0.29) is 11.0 Å². The molecule has 1 aliphatic rings. The quantitative estimate of drug-likeness (QED) is 0.858. The molecule has 8 heteroatoms. The summed E-state index contributed by atoms with van der Waals surface area (Å²) in [6, 6.07) is 9.46. The number of benzene rings is 2. The molecule has 1 saturated heterocycles. The topological polar surface area (TPSA) is 58.6 Å². The van der Waals surface area contributed by atoms with Crippen molar-refractivity contribution in [3.05, 3.63) is 53.3 Å². The first-order chi connectivity index (χ1) is 11.8. The van der Waals surface area contributed by atoms with Gasteiger partial charge >= 0.3 is 0 Å². The van der Waals surface area contributed by atoms with Crippen molar-refractivity contribution in [3.63, 3.8) is 0 Å². The van der Waals surface area contributed by atoms with Crippen molar-refractivity contribution in [2.75, 3.05) is 24.9 Å². The molecule has 0 aliphatic carbocycles. The maximum Gasteiger partial charge on any atom is 0.261 e. The van der Waals surface area contributed by atoms with Crippen molar-refractivity contribution >= 4 is 27.3 Å². The van der Waals surface area contributed by atoms with Gasteiger partial charge in [-0.15, -0.1) is 0 Å². The molecule has 0 aromatic heterocycles. The smallest absolute Gasteiger partial charge is 0.261 e. The molecular formula is C17H18ClFN2O3S. The van der Waals surface area contributed by atoms with Crippen molar-refractivity contribution in [2.45, 2.75) is 17.4 Å². The number of likely N-dealkylation sites (N-methyl/N-ethyl adjacent to an activating group) is 1. The number of halogens is 2. The zero-order valence-electron chi connectivity index (χ0n) is 13.6. The molecule has 0 saturated carbocycles. The molecule has 3 rings (SSSR count). The highest BCUT2D eigenvalue weighted by Gasteiger charge is 2.22. The van der Waals surface area contributed by atoms with Crippen LogP contribution in [0.4, 0.5) is 10.1 Å². The zero-order valence-corrected chi connectivity index (χ0v) is 15.1. The summed E-state index contributed by atoms with van der Waals surface area (Å²) in [6.07, 6.45) is 0.893. The number of ether oxygens (including phenoxy) is 1. The van der Waals surface area contributed by atoms with Crippen LogP contribution in [-0.2, 0) is 10.0 Å². The summed E-state index contributed by atoms with van der Waals surface area (Å²) in [5.74, 6) is -0.199. The lowest BCUT2D eigenvalue weighted by molar-refractivity contribution is 0.208. The molecule has 2 aromatic rings. The maximum atomic E-state index is 13.3. The first-order valence-electron chi connectivity index (χ1n) is 7.76. The van der Waals surface area contributed by atoms with E-state index in [1.54, 1.807) is 6.07 Å². The van der Waals surface area contributed by atoms with Crippen molar-refractivity contribution in [1.29, 1.82) is 0 Å². The van der Waals surface area contributed by atoms with E-state index in [9.17, 15) is 12.8 Å². The summed E-state index contributed by atoms with van der Waals surface area (Å²) >= 11 is 6.15. The van der Waals surface area contributed by atoms with Gasteiger partial charge in [-0.2, -0.15) is 0 Å². The van der Waals surface area contributed by atoms with Gasteiger partial charge in [0.05, 0.1) is 15.6 Å². The summed E-state index contributed by atoms with van der Waals surface area (Å²) in [4.78, 5) is 2.00. The molecule has 1 aliphatic heterocycles. The number of rotatable bonds is 5. The van der Waals surface area contributed by atoms with Gasteiger partial charge in [0.1, 0.15) is 17.7 Å². The van der Waals surface area contributed by atoms with Crippen LogP contribution in [0.5, 0.6) is 5.75 Å². The highest BCUT2D eigenvalue weighted by atomic mass is 35.5. The second kappa shape index (κ2) is 7.19. The Balaban J connectivity index is 1.80. The third-order valence-electron chi connectivity index (χ3n) is 3.93. The molecule has 0 spiro atoms. The Bertz CT molecular complexity index is 876. The predicted octanol–water partition coefficient (Wildman–Crippen LogP) is 3.36. The molecule has 25 heavy (non-hydrogen) atoms. The van der Waals surface area contributed by atoms with Gasteiger partial charge in [-0.05, 0) is 43.8 Å². The monoisotopic (exact) mass is 384 g/mol. The van der Waals surface area contributed by atoms with E-state index in [2.05, 4.69) is 9.62 Å². The first-order valence-corrected chi connectivity index (χ1v) is 9.63. The largest absolute Gasteiger partial charge is 0.487 e. The number of nitrogens with one attached hydrogen (secondary N) is 1. The molecule has 1 fully saturated rings. The lowest BCUT2D eigenvalue weighted by Crippen LogP contribution is -2.21. The minimum atomic E-state index is -3.90. The van der Waals surface area contributed by atoms with E-state index in [0.717, 1.165) is 25.6 Å². The van der Waals surface area contributed by atoms with Gasteiger partial charge < -0.3 is 9.64 Å². The summed E-state index contributed by atoms with van der Waals surface area (Å²) in [5.41, 5.74) is 0.301. The average molecular weight is 385 g/mol. The van der Waals surface area contributed by atoms with E-state index in [4.69, 9.17) is 16.3 Å². The molecule has 1 N–H and O–H groups in total. The maximum absolute atomic E-state index is 13.3. The third-order valence-corrected chi connectivity index (χ3v) is 5.62. The molecule has 5 nitrogen and oxygen atoms in total. The third kappa shape index (κ3) is 4.42. The Morgan fingerprint density at radius 2 is 2.08 bits per heavy atom. The number of hydrogen-bond donors (Lipinski definition) is 1. The van der Waals surface area contributed by atoms with Crippen LogP contribution in [0.3, 0.4) is 0 Å².